The summed E-state index contributed by atoms with van der Waals surface area (Å²) in [6, 6.07) is 42.8. The maximum atomic E-state index is 5.33. The average molecular weight is 570 g/mol. The van der Waals surface area contributed by atoms with Gasteiger partial charge in [0.05, 0.1) is 26.9 Å². The van der Waals surface area contributed by atoms with E-state index in [1.165, 1.54) is 32.0 Å². The van der Waals surface area contributed by atoms with Crippen molar-refractivity contribution in [3.8, 4) is 27.6 Å². The Morgan fingerprint density at radius 2 is 1.44 bits per heavy atom. The van der Waals surface area contributed by atoms with Crippen LogP contribution in [0.2, 0.25) is 0 Å². The van der Waals surface area contributed by atoms with E-state index in [2.05, 4.69) is 139 Å². The first-order valence-corrected chi connectivity index (χ1v) is 15.2. The van der Waals surface area contributed by atoms with Gasteiger partial charge in [-0.25, -0.2) is 9.97 Å². The summed E-state index contributed by atoms with van der Waals surface area (Å²) < 4.78 is 3.32. The molecule has 5 aromatic carbocycles. The van der Waals surface area contributed by atoms with Crippen LogP contribution in [-0.2, 0) is 0 Å². The van der Waals surface area contributed by atoms with Crippen molar-refractivity contribution in [1.29, 1.82) is 0 Å². The summed E-state index contributed by atoms with van der Waals surface area (Å²) in [7, 11) is 0. The predicted molar refractivity (Wildman–Crippen MR) is 184 cm³/mol. The molecule has 0 unspecified atom stereocenters. The summed E-state index contributed by atoms with van der Waals surface area (Å²) in [6.45, 7) is 6.11. The highest BCUT2D eigenvalue weighted by Gasteiger charge is 2.20. The number of benzene rings is 5. The molecule has 4 heteroatoms. The van der Waals surface area contributed by atoms with Gasteiger partial charge in [0, 0.05) is 21.2 Å². The van der Waals surface area contributed by atoms with Crippen molar-refractivity contribution < 1.29 is 0 Å². The van der Waals surface area contributed by atoms with E-state index in [-0.39, 0.29) is 0 Å². The second-order valence-corrected chi connectivity index (χ2v) is 11.7. The molecule has 0 aliphatic heterocycles. The molecule has 8 rings (SSSR count). The third kappa shape index (κ3) is 4.10. The Morgan fingerprint density at radius 1 is 0.721 bits per heavy atom. The first-order valence-electron chi connectivity index (χ1n) is 14.4. The number of fused-ring (bicyclic) bond motifs is 6. The minimum atomic E-state index is 0.668. The summed E-state index contributed by atoms with van der Waals surface area (Å²) in [4.78, 5) is 11.8. The van der Waals surface area contributed by atoms with E-state index in [9.17, 15) is 0 Å². The van der Waals surface area contributed by atoms with Crippen LogP contribution in [0.5, 0.6) is 0 Å². The number of hydrogen-bond donors (Lipinski definition) is 0. The van der Waals surface area contributed by atoms with E-state index in [0.717, 1.165) is 43.6 Å². The minimum absolute atomic E-state index is 0.668. The second kappa shape index (κ2) is 10.2. The van der Waals surface area contributed by atoms with Crippen molar-refractivity contribution in [2.75, 3.05) is 0 Å². The highest BCUT2D eigenvalue weighted by molar-refractivity contribution is 7.22. The maximum absolute atomic E-state index is 5.33. The van der Waals surface area contributed by atoms with Gasteiger partial charge in [-0.05, 0) is 58.7 Å². The lowest BCUT2D eigenvalue weighted by Crippen LogP contribution is -2.02. The van der Waals surface area contributed by atoms with Gasteiger partial charge < -0.3 is 0 Å². The van der Waals surface area contributed by atoms with E-state index < -0.39 is 0 Å². The fraction of sp³-hybridized carbons (Fsp3) is 0.0256. The summed E-state index contributed by atoms with van der Waals surface area (Å²) >= 11 is 1.75. The summed E-state index contributed by atoms with van der Waals surface area (Å²) in [5, 5.41) is 4.80. The number of rotatable bonds is 5. The van der Waals surface area contributed by atoms with Gasteiger partial charge in [0.15, 0.2) is 0 Å². The first kappa shape index (κ1) is 25.4. The maximum Gasteiger partial charge on any atom is 0.235 e. The zero-order valence-electron chi connectivity index (χ0n) is 23.7. The highest BCUT2D eigenvalue weighted by atomic mass is 32.1. The molecule has 0 aliphatic rings. The van der Waals surface area contributed by atoms with Crippen molar-refractivity contribution in [3.05, 3.63) is 146 Å². The predicted octanol–water partition coefficient (Wildman–Crippen LogP) is 10.9. The molecule has 43 heavy (non-hydrogen) atoms. The Hall–Kier alpha value is -5.32. The number of hydrogen-bond acceptors (Lipinski definition) is 3. The molecule has 0 spiro atoms. The molecule has 0 saturated heterocycles. The molecule has 0 N–H and O–H groups in total. The van der Waals surface area contributed by atoms with Gasteiger partial charge in [-0.3, -0.25) is 4.57 Å². The van der Waals surface area contributed by atoms with E-state index in [1.807, 2.05) is 12.1 Å². The molecule has 8 aromatic rings. The molecule has 0 saturated carbocycles. The quantitative estimate of drug-likeness (QED) is 0.193. The third-order valence-electron chi connectivity index (χ3n) is 8.18. The van der Waals surface area contributed by atoms with Crippen LogP contribution >= 0.6 is 11.3 Å². The monoisotopic (exact) mass is 569 g/mol. The topological polar surface area (TPSA) is 30.7 Å². The van der Waals surface area contributed by atoms with Crippen LogP contribution in [0.4, 0.5) is 0 Å². The van der Waals surface area contributed by atoms with E-state index in [1.54, 1.807) is 11.3 Å². The number of allylic oxidation sites excluding steroid dienone is 3. The molecular formula is C39H27N3S. The minimum Gasteiger partial charge on any atom is -0.278 e. The summed E-state index contributed by atoms with van der Waals surface area (Å²) in [5.41, 5.74) is 8.57. The van der Waals surface area contributed by atoms with Gasteiger partial charge in [0.1, 0.15) is 0 Å². The molecule has 0 aliphatic carbocycles. The zero-order valence-corrected chi connectivity index (χ0v) is 24.5. The van der Waals surface area contributed by atoms with Crippen molar-refractivity contribution >= 4 is 59.7 Å². The summed E-state index contributed by atoms with van der Waals surface area (Å²) in [6.07, 6.45) is 4.03. The molecule has 0 radical (unpaired) electrons. The van der Waals surface area contributed by atoms with E-state index >= 15 is 0 Å². The van der Waals surface area contributed by atoms with Gasteiger partial charge in [-0.1, -0.05) is 116 Å². The SMILES string of the molecule is C=C/C(=C\C)c1ccc2c(c1)c1c3ccccc3ccc1n2-c1nc(-c2ccccc2)c2sc(-c3ccccc3)cc2n1. The smallest absolute Gasteiger partial charge is 0.235 e. The molecule has 0 fully saturated rings. The van der Waals surface area contributed by atoms with Crippen LogP contribution < -0.4 is 0 Å². The lowest BCUT2D eigenvalue weighted by molar-refractivity contribution is 1.02. The van der Waals surface area contributed by atoms with Gasteiger partial charge in [-0.15, -0.1) is 11.3 Å². The Kier molecular flexibility index (Phi) is 6.02. The largest absolute Gasteiger partial charge is 0.278 e. The van der Waals surface area contributed by atoms with Crippen molar-refractivity contribution in [2.24, 2.45) is 0 Å². The average Bonchev–Trinajstić information content (AvgIpc) is 3.65. The van der Waals surface area contributed by atoms with E-state index in [0.29, 0.717) is 5.95 Å². The molecule has 0 bridgehead atoms. The zero-order chi connectivity index (χ0) is 28.9. The van der Waals surface area contributed by atoms with Crippen LogP contribution in [0.1, 0.15) is 12.5 Å². The number of nitrogens with zero attached hydrogens (tertiary/aromatic N) is 3. The van der Waals surface area contributed by atoms with Gasteiger partial charge in [-0.2, -0.15) is 0 Å². The third-order valence-corrected chi connectivity index (χ3v) is 9.36. The van der Waals surface area contributed by atoms with Crippen molar-refractivity contribution in [1.82, 2.24) is 14.5 Å². The second-order valence-electron chi connectivity index (χ2n) is 10.6. The Morgan fingerprint density at radius 3 is 2.21 bits per heavy atom. The molecule has 0 amide bonds. The normalized spacial score (nSPS) is 12.1. The first-order chi connectivity index (χ1) is 21.2. The molecular weight excluding hydrogens is 543 g/mol. The molecule has 0 atom stereocenters. The fourth-order valence-electron chi connectivity index (χ4n) is 6.14. The van der Waals surface area contributed by atoms with Gasteiger partial charge in [0.25, 0.3) is 0 Å². The molecule has 3 nitrogen and oxygen atoms in total. The molecule has 3 heterocycles. The molecule has 3 aromatic heterocycles. The number of aromatic nitrogens is 3. The van der Waals surface area contributed by atoms with Crippen LogP contribution in [0.25, 0.3) is 76.0 Å². The Balaban J connectivity index is 1.48. The van der Waals surface area contributed by atoms with Crippen LogP contribution in [0.3, 0.4) is 0 Å². The van der Waals surface area contributed by atoms with Crippen LogP contribution in [0.15, 0.2) is 140 Å². The van der Waals surface area contributed by atoms with Gasteiger partial charge >= 0.3 is 0 Å². The summed E-state index contributed by atoms with van der Waals surface area (Å²) in [5.74, 6) is 0.668. The van der Waals surface area contributed by atoms with Gasteiger partial charge in [0.2, 0.25) is 5.95 Å². The standard InChI is InChI=1S/C39H27N3S/c1-3-25(4-2)29-20-21-33-31(23-29)36-30-18-12-11-13-26(30)19-22-34(36)42(33)39-40-32-24-35(27-14-7-5-8-15-27)43-38(32)37(41-39)28-16-9-6-10-17-28/h3-24H,1H2,2H3/b25-4+. The molecule has 204 valence electrons. The highest BCUT2D eigenvalue weighted by Crippen LogP contribution is 2.41. The van der Waals surface area contributed by atoms with Crippen LogP contribution in [0, 0.1) is 0 Å². The van der Waals surface area contributed by atoms with Crippen molar-refractivity contribution in [2.45, 2.75) is 6.92 Å². The fourth-order valence-corrected chi connectivity index (χ4v) is 7.26. The lowest BCUT2D eigenvalue weighted by Gasteiger charge is -2.10. The van der Waals surface area contributed by atoms with Crippen molar-refractivity contribution in [3.63, 3.8) is 0 Å². The van der Waals surface area contributed by atoms with Crippen LogP contribution in [-0.4, -0.2) is 14.5 Å². The van der Waals surface area contributed by atoms with E-state index in [4.69, 9.17) is 9.97 Å². The lowest BCUT2D eigenvalue weighted by atomic mass is 10.00. The Labute approximate surface area is 253 Å². The number of thiophene rings is 1. The Bertz CT molecular complexity index is 2360.